The average molecular weight is 265 g/mol. The summed E-state index contributed by atoms with van der Waals surface area (Å²) in [5, 5.41) is 5.51. The number of piperidine rings is 1. The fraction of sp³-hybridized carbons (Fsp3) is 0.667. The van der Waals surface area contributed by atoms with Crippen molar-refractivity contribution in [3.8, 4) is 0 Å². The van der Waals surface area contributed by atoms with Crippen LogP contribution in [0.15, 0.2) is 17.5 Å². The van der Waals surface area contributed by atoms with Gasteiger partial charge in [0.25, 0.3) is 0 Å². The maximum absolute atomic E-state index is 12.0. The number of hydrogen-bond donors (Lipinski definition) is 1. The molecule has 2 rings (SSSR count). The molecule has 0 spiro atoms. The van der Waals surface area contributed by atoms with Crippen molar-refractivity contribution in [1.82, 2.24) is 5.32 Å². The predicted molar refractivity (Wildman–Crippen MR) is 77.0 cm³/mol. The Morgan fingerprint density at radius 1 is 1.61 bits per heavy atom. The minimum atomic E-state index is 0.432. The Kier molecular flexibility index (Phi) is 5.39. The Bertz CT molecular complexity index is 355. The van der Waals surface area contributed by atoms with E-state index in [9.17, 15) is 4.79 Å². The quantitative estimate of drug-likeness (QED) is 0.855. The summed E-state index contributed by atoms with van der Waals surface area (Å²) >= 11 is 1.75. The van der Waals surface area contributed by atoms with Crippen LogP contribution in [0, 0.1) is 11.8 Å². The van der Waals surface area contributed by atoms with Gasteiger partial charge < -0.3 is 5.32 Å². The number of thiophene rings is 1. The maximum atomic E-state index is 12.0. The van der Waals surface area contributed by atoms with Crippen molar-refractivity contribution >= 4 is 17.1 Å². The molecule has 2 unspecified atom stereocenters. The highest BCUT2D eigenvalue weighted by Crippen LogP contribution is 2.23. The Balaban J connectivity index is 1.69. The largest absolute Gasteiger partial charge is 0.316 e. The first-order chi connectivity index (χ1) is 8.75. The van der Waals surface area contributed by atoms with Crippen LogP contribution in [0.4, 0.5) is 0 Å². The molecule has 3 heteroatoms. The summed E-state index contributed by atoms with van der Waals surface area (Å²) in [6.07, 6.45) is 4.94. The van der Waals surface area contributed by atoms with Gasteiger partial charge in [-0.2, -0.15) is 0 Å². The van der Waals surface area contributed by atoms with E-state index >= 15 is 0 Å². The number of ketones is 1. The molecule has 100 valence electrons. The van der Waals surface area contributed by atoms with Crippen molar-refractivity contribution in [2.45, 2.75) is 39.0 Å². The van der Waals surface area contributed by atoms with E-state index in [0.717, 1.165) is 25.9 Å². The molecule has 0 bridgehead atoms. The maximum Gasteiger partial charge on any atom is 0.133 e. The summed E-state index contributed by atoms with van der Waals surface area (Å²) in [7, 11) is 0. The molecule has 1 fully saturated rings. The Morgan fingerprint density at radius 2 is 2.50 bits per heavy atom. The summed E-state index contributed by atoms with van der Waals surface area (Å²) < 4.78 is 0. The molecule has 0 aromatic carbocycles. The van der Waals surface area contributed by atoms with Gasteiger partial charge >= 0.3 is 0 Å². The van der Waals surface area contributed by atoms with Crippen molar-refractivity contribution < 1.29 is 4.79 Å². The number of rotatable bonds is 6. The number of aryl methyl sites for hydroxylation is 1. The first-order valence-corrected chi connectivity index (χ1v) is 7.88. The molecule has 1 saturated heterocycles. The van der Waals surface area contributed by atoms with E-state index in [1.165, 1.54) is 17.7 Å². The van der Waals surface area contributed by atoms with Crippen molar-refractivity contribution in [2.24, 2.45) is 11.8 Å². The molecule has 0 saturated carbocycles. The van der Waals surface area contributed by atoms with Crippen LogP contribution in [0.25, 0.3) is 0 Å². The zero-order valence-electron chi connectivity index (χ0n) is 11.2. The minimum Gasteiger partial charge on any atom is -0.316 e. The lowest BCUT2D eigenvalue weighted by Crippen LogP contribution is -2.34. The zero-order chi connectivity index (χ0) is 12.8. The number of hydrogen-bond acceptors (Lipinski definition) is 3. The molecule has 2 heterocycles. The number of Topliss-reactive ketones (excluding diaryl/α,β-unsaturated/α-hetero) is 1. The van der Waals surface area contributed by atoms with Gasteiger partial charge in [-0.1, -0.05) is 13.0 Å². The van der Waals surface area contributed by atoms with E-state index in [-0.39, 0.29) is 0 Å². The van der Waals surface area contributed by atoms with Crippen LogP contribution >= 0.6 is 11.3 Å². The van der Waals surface area contributed by atoms with E-state index in [1.54, 1.807) is 11.3 Å². The lowest BCUT2D eigenvalue weighted by atomic mass is 9.84. The van der Waals surface area contributed by atoms with Gasteiger partial charge in [0.05, 0.1) is 0 Å². The molecule has 0 aliphatic carbocycles. The lowest BCUT2D eigenvalue weighted by Gasteiger charge is -2.27. The second-order valence-electron chi connectivity index (χ2n) is 5.41. The number of nitrogens with one attached hydrogen (secondary N) is 1. The molecule has 1 aromatic heterocycles. The Labute approximate surface area is 114 Å². The van der Waals surface area contributed by atoms with E-state index in [1.807, 2.05) is 0 Å². The van der Waals surface area contributed by atoms with Crippen LogP contribution < -0.4 is 5.32 Å². The molecule has 1 aromatic rings. The topological polar surface area (TPSA) is 29.1 Å². The number of carbonyl (C=O) groups excluding carboxylic acids is 1. The van der Waals surface area contributed by atoms with Gasteiger partial charge in [-0.15, -0.1) is 11.3 Å². The monoisotopic (exact) mass is 265 g/mol. The molecule has 0 radical (unpaired) electrons. The van der Waals surface area contributed by atoms with Crippen LogP contribution in [0.1, 0.15) is 37.5 Å². The van der Waals surface area contributed by atoms with E-state index in [0.29, 0.717) is 24.0 Å². The summed E-state index contributed by atoms with van der Waals surface area (Å²) in [6.45, 7) is 4.48. The van der Waals surface area contributed by atoms with Crippen molar-refractivity contribution in [2.75, 3.05) is 13.1 Å². The third-order valence-corrected chi connectivity index (χ3v) is 4.86. The van der Waals surface area contributed by atoms with Crippen LogP contribution in [0.5, 0.6) is 0 Å². The average Bonchev–Trinajstić information content (AvgIpc) is 2.90. The molecule has 0 amide bonds. The lowest BCUT2D eigenvalue weighted by molar-refractivity contribution is -0.120. The fourth-order valence-electron chi connectivity index (χ4n) is 2.71. The summed E-state index contributed by atoms with van der Waals surface area (Å²) in [4.78, 5) is 13.3. The van der Waals surface area contributed by atoms with Gasteiger partial charge in [0, 0.05) is 17.7 Å². The Hall–Kier alpha value is -0.670. The van der Waals surface area contributed by atoms with Crippen LogP contribution in [-0.2, 0) is 11.2 Å². The van der Waals surface area contributed by atoms with Gasteiger partial charge in [-0.3, -0.25) is 4.79 Å². The second-order valence-corrected chi connectivity index (χ2v) is 6.44. The third kappa shape index (κ3) is 4.21. The molecular weight excluding hydrogens is 242 g/mol. The van der Waals surface area contributed by atoms with E-state index < -0.39 is 0 Å². The smallest absolute Gasteiger partial charge is 0.133 e. The molecule has 1 N–H and O–H groups in total. The van der Waals surface area contributed by atoms with E-state index in [4.69, 9.17) is 0 Å². The Morgan fingerprint density at radius 3 is 3.17 bits per heavy atom. The molecule has 2 atom stereocenters. The molecule has 2 nitrogen and oxygen atoms in total. The third-order valence-electron chi connectivity index (χ3n) is 3.92. The molecule has 1 aliphatic rings. The van der Waals surface area contributed by atoms with Gasteiger partial charge in [-0.25, -0.2) is 0 Å². The van der Waals surface area contributed by atoms with Crippen molar-refractivity contribution in [1.29, 1.82) is 0 Å². The van der Waals surface area contributed by atoms with Gasteiger partial charge in [-0.05, 0) is 55.6 Å². The van der Waals surface area contributed by atoms with Crippen molar-refractivity contribution in [3.05, 3.63) is 22.4 Å². The highest BCUT2D eigenvalue weighted by molar-refractivity contribution is 7.09. The normalized spacial score (nSPS) is 21.7. The SMILES string of the molecule is CC(CC(=O)CCc1cccs1)C1CCCNC1. The second kappa shape index (κ2) is 7.05. The standard InChI is InChI=1S/C15H23NOS/c1-12(13-4-2-8-16-11-13)10-14(17)6-7-15-5-3-9-18-15/h3,5,9,12-13,16H,2,4,6-8,10-11H2,1H3. The van der Waals surface area contributed by atoms with Crippen LogP contribution in [0.3, 0.4) is 0 Å². The first-order valence-electron chi connectivity index (χ1n) is 7.00. The minimum absolute atomic E-state index is 0.432. The highest BCUT2D eigenvalue weighted by atomic mass is 32.1. The van der Waals surface area contributed by atoms with Gasteiger partial charge in [0.15, 0.2) is 0 Å². The van der Waals surface area contributed by atoms with Crippen LogP contribution in [-0.4, -0.2) is 18.9 Å². The summed E-state index contributed by atoms with van der Waals surface area (Å²) in [5.74, 6) is 1.67. The summed E-state index contributed by atoms with van der Waals surface area (Å²) in [5.41, 5.74) is 0. The molecule has 1 aliphatic heterocycles. The van der Waals surface area contributed by atoms with Gasteiger partial charge in [0.2, 0.25) is 0 Å². The summed E-state index contributed by atoms with van der Waals surface area (Å²) in [6, 6.07) is 4.17. The molecule has 18 heavy (non-hydrogen) atoms. The van der Waals surface area contributed by atoms with Gasteiger partial charge in [0.1, 0.15) is 5.78 Å². The predicted octanol–water partition coefficient (Wildman–Crippen LogP) is 3.28. The zero-order valence-corrected chi connectivity index (χ0v) is 12.0. The molecular formula is C15H23NOS. The van der Waals surface area contributed by atoms with E-state index in [2.05, 4.69) is 29.8 Å². The fourth-order valence-corrected chi connectivity index (χ4v) is 3.42. The van der Waals surface area contributed by atoms with Crippen LogP contribution in [0.2, 0.25) is 0 Å². The number of carbonyl (C=O) groups is 1. The highest BCUT2D eigenvalue weighted by Gasteiger charge is 2.21. The first kappa shape index (κ1) is 13.8. The van der Waals surface area contributed by atoms with Crippen molar-refractivity contribution in [3.63, 3.8) is 0 Å².